The molecular weight excluding hydrogens is 226 g/mol. The summed E-state index contributed by atoms with van der Waals surface area (Å²) >= 11 is 0. The molecule has 1 aliphatic heterocycles. The van der Waals surface area contributed by atoms with Crippen molar-refractivity contribution in [1.82, 2.24) is 9.88 Å². The number of carbonyl (C=O) groups is 1. The van der Waals surface area contributed by atoms with Gasteiger partial charge in [-0.05, 0) is 31.4 Å². The zero-order valence-electron chi connectivity index (χ0n) is 9.35. The van der Waals surface area contributed by atoms with Crippen molar-refractivity contribution in [2.24, 2.45) is 11.7 Å². The minimum atomic E-state index is 0. The van der Waals surface area contributed by atoms with E-state index in [9.17, 15) is 4.79 Å². The Balaban J connectivity index is 0.00000128. The fraction of sp³-hybridized carbons (Fsp3) is 0.545. The lowest BCUT2D eigenvalue weighted by molar-refractivity contribution is 0.0781. The Kier molecular flexibility index (Phi) is 4.38. The Morgan fingerprint density at radius 3 is 2.94 bits per heavy atom. The Morgan fingerprint density at radius 1 is 1.69 bits per heavy atom. The van der Waals surface area contributed by atoms with Gasteiger partial charge in [-0.1, -0.05) is 0 Å². The van der Waals surface area contributed by atoms with Crippen LogP contribution in [0.4, 0.5) is 0 Å². The monoisotopic (exact) mass is 243 g/mol. The molecule has 1 saturated heterocycles. The number of carbonyl (C=O) groups excluding carboxylic acids is 1. The van der Waals surface area contributed by atoms with Gasteiger partial charge in [-0.15, -0.1) is 12.4 Å². The molecule has 16 heavy (non-hydrogen) atoms. The van der Waals surface area contributed by atoms with Crippen LogP contribution in [-0.2, 0) is 0 Å². The lowest BCUT2D eigenvalue weighted by Gasteiger charge is -2.17. The summed E-state index contributed by atoms with van der Waals surface area (Å²) in [7, 11) is 0. The molecule has 1 aromatic rings. The van der Waals surface area contributed by atoms with Crippen LogP contribution in [0.15, 0.2) is 18.3 Å². The van der Waals surface area contributed by atoms with Crippen LogP contribution in [0.1, 0.15) is 23.8 Å². The maximum absolute atomic E-state index is 11.9. The van der Waals surface area contributed by atoms with E-state index >= 15 is 0 Å². The van der Waals surface area contributed by atoms with Gasteiger partial charge in [-0.25, -0.2) is 0 Å². The average Bonchev–Trinajstić information content (AvgIpc) is 2.88. The fourth-order valence-corrected chi connectivity index (χ4v) is 2.03. The van der Waals surface area contributed by atoms with Crippen molar-refractivity contribution in [3.05, 3.63) is 24.0 Å². The number of hydrogen-bond acceptors (Lipinski definition) is 2. The number of aromatic nitrogens is 1. The lowest BCUT2D eigenvalue weighted by atomic mass is 10.0. The summed E-state index contributed by atoms with van der Waals surface area (Å²) < 4.78 is 0. The lowest BCUT2D eigenvalue weighted by Crippen LogP contribution is -2.33. The van der Waals surface area contributed by atoms with Crippen molar-refractivity contribution < 1.29 is 4.79 Å². The summed E-state index contributed by atoms with van der Waals surface area (Å²) in [5, 5.41) is 0. The highest BCUT2D eigenvalue weighted by atomic mass is 35.5. The van der Waals surface area contributed by atoms with E-state index in [4.69, 9.17) is 5.73 Å². The molecule has 0 spiro atoms. The first-order valence-corrected chi connectivity index (χ1v) is 5.36. The standard InChI is InChI=1S/C11H17N3O.ClH/c1-8(12)9-4-6-14(7-9)11(15)10-3-2-5-13-10;/h2-3,5,8-9,13H,4,6-7,12H2,1H3;1H. The molecule has 3 N–H and O–H groups in total. The van der Waals surface area contributed by atoms with Gasteiger partial charge < -0.3 is 15.6 Å². The highest BCUT2D eigenvalue weighted by Crippen LogP contribution is 2.20. The maximum atomic E-state index is 11.9. The quantitative estimate of drug-likeness (QED) is 0.821. The van der Waals surface area contributed by atoms with Crippen molar-refractivity contribution in [2.45, 2.75) is 19.4 Å². The fourth-order valence-electron chi connectivity index (χ4n) is 2.03. The Morgan fingerprint density at radius 2 is 2.44 bits per heavy atom. The van der Waals surface area contributed by atoms with Crippen LogP contribution >= 0.6 is 12.4 Å². The van der Waals surface area contributed by atoms with E-state index in [1.54, 1.807) is 6.20 Å². The third kappa shape index (κ3) is 2.57. The molecule has 90 valence electrons. The number of amides is 1. The molecule has 1 fully saturated rings. The van der Waals surface area contributed by atoms with Crippen LogP contribution in [0.2, 0.25) is 0 Å². The zero-order valence-corrected chi connectivity index (χ0v) is 10.2. The van der Waals surface area contributed by atoms with Crippen LogP contribution in [0.25, 0.3) is 0 Å². The number of likely N-dealkylation sites (tertiary alicyclic amines) is 1. The molecule has 1 aliphatic rings. The third-order valence-electron chi connectivity index (χ3n) is 3.08. The molecule has 2 rings (SSSR count). The Hall–Kier alpha value is -1.00. The molecule has 2 heterocycles. The Labute approximate surface area is 102 Å². The molecular formula is C11H18ClN3O. The number of H-pyrrole nitrogens is 1. The molecule has 2 atom stereocenters. The van der Waals surface area contributed by atoms with Gasteiger partial charge in [0.1, 0.15) is 5.69 Å². The van der Waals surface area contributed by atoms with Crippen LogP contribution in [-0.4, -0.2) is 34.9 Å². The first kappa shape index (κ1) is 13.1. The average molecular weight is 244 g/mol. The molecule has 0 bridgehead atoms. The number of halogens is 1. The number of nitrogens with two attached hydrogens (primary N) is 1. The largest absolute Gasteiger partial charge is 0.357 e. The minimum absolute atomic E-state index is 0. The molecule has 0 aliphatic carbocycles. The Bertz CT molecular complexity index is 337. The van der Waals surface area contributed by atoms with Gasteiger partial charge in [0.15, 0.2) is 0 Å². The van der Waals surface area contributed by atoms with Gasteiger partial charge in [0.05, 0.1) is 0 Å². The van der Waals surface area contributed by atoms with Crippen molar-refractivity contribution >= 4 is 18.3 Å². The molecule has 5 heteroatoms. The van der Waals surface area contributed by atoms with Crippen molar-refractivity contribution in [3.63, 3.8) is 0 Å². The van der Waals surface area contributed by atoms with Crippen molar-refractivity contribution in [3.8, 4) is 0 Å². The number of hydrogen-bond donors (Lipinski definition) is 2. The molecule has 1 aromatic heterocycles. The van der Waals surface area contributed by atoms with Gasteiger partial charge in [0, 0.05) is 25.3 Å². The van der Waals surface area contributed by atoms with Gasteiger partial charge >= 0.3 is 0 Å². The predicted octanol–water partition coefficient (Wildman–Crippen LogP) is 1.25. The zero-order chi connectivity index (χ0) is 10.8. The second kappa shape index (κ2) is 5.37. The van der Waals surface area contributed by atoms with E-state index in [0.29, 0.717) is 11.6 Å². The SMILES string of the molecule is CC(N)C1CCN(C(=O)c2ccc[nH]2)C1.Cl. The van der Waals surface area contributed by atoms with Crippen molar-refractivity contribution in [2.75, 3.05) is 13.1 Å². The van der Waals surface area contributed by atoms with E-state index in [1.807, 2.05) is 24.0 Å². The van der Waals surface area contributed by atoms with E-state index < -0.39 is 0 Å². The minimum Gasteiger partial charge on any atom is -0.357 e. The van der Waals surface area contributed by atoms with Crippen LogP contribution < -0.4 is 5.73 Å². The summed E-state index contributed by atoms with van der Waals surface area (Å²) in [6.45, 7) is 3.62. The first-order valence-electron chi connectivity index (χ1n) is 5.36. The smallest absolute Gasteiger partial charge is 0.270 e. The van der Waals surface area contributed by atoms with E-state index in [1.165, 1.54) is 0 Å². The summed E-state index contributed by atoms with van der Waals surface area (Å²) in [6.07, 6.45) is 2.79. The highest BCUT2D eigenvalue weighted by Gasteiger charge is 2.29. The molecule has 0 radical (unpaired) electrons. The van der Waals surface area contributed by atoms with Crippen LogP contribution in [0.3, 0.4) is 0 Å². The van der Waals surface area contributed by atoms with Gasteiger partial charge in [0.2, 0.25) is 0 Å². The van der Waals surface area contributed by atoms with Gasteiger partial charge in [-0.3, -0.25) is 4.79 Å². The second-order valence-electron chi connectivity index (χ2n) is 4.24. The highest BCUT2D eigenvalue weighted by molar-refractivity contribution is 5.92. The molecule has 0 aromatic carbocycles. The second-order valence-corrected chi connectivity index (χ2v) is 4.24. The molecule has 1 amide bonds. The summed E-state index contributed by atoms with van der Waals surface area (Å²) in [5.41, 5.74) is 6.50. The maximum Gasteiger partial charge on any atom is 0.270 e. The summed E-state index contributed by atoms with van der Waals surface area (Å²) in [6, 6.07) is 3.82. The molecule has 2 unspecified atom stereocenters. The van der Waals surface area contributed by atoms with Crippen LogP contribution in [0, 0.1) is 5.92 Å². The van der Waals surface area contributed by atoms with E-state index in [2.05, 4.69) is 4.98 Å². The van der Waals surface area contributed by atoms with Crippen LogP contribution in [0.5, 0.6) is 0 Å². The molecule has 4 nitrogen and oxygen atoms in total. The topological polar surface area (TPSA) is 62.1 Å². The number of aromatic amines is 1. The van der Waals surface area contributed by atoms with Crippen molar-refractivity contribution in [1.29, 1.82) is 0 Å². The number of rotatable bonds is 2. The predicted molar refractivity (Wildman–Crippen MR) is 65.7 cm³/mol. The summed E-state index contributed by atoms with van der Waals surface area (Å²) in [4.78, 5) is 16.7. The first-order chi connectivity index (χ1) is 7.18. The third-order valence-corrected chi connectivity index (χ3v) is 3.08. The van der Waals surface area contributed by atoms with E-state index in [-0.39, 0.29) is 24.4 Å². The van der Waals surface area contributed by atoms with Gasteiger partial charge in [0.25, 0.3) is 5.91 Å². The number of nitrogens with one attached hydrogen (secondary N) is 1. The summed E-state index contributed by atoms with van der Waals surface area (Å²) in [5.74, 6) is 0.534. The normalized spacial score (nSPS) is 21.6. The number of nitrogens with zero attached hydrogens (tertiary/aromatic N) is 1. The van der Waals surface area contributed by atoms with Gasteiger partial charge in [-0.2, -0.15) is 0 Å². The van der Waals surface area contributed by atoms with E-state index in [0.717, 1.165) is 19.5 Å². The molecule has 0 saturated carbocycles.